The van der Waals surface area contributed by atoms with Gasteiger partial charge in [-0.25, -0.2) is 4.98 Å². The molecule has 0 saturated carbocycles. The van der Waals surface area contributed by atoms with Crippen LogP contribution in [0, 0.1) is 0 Å². The van der Waals surface area contributed by atoms with Crippen molar-refractivity contribution in [3.63, 3.8) is 0 Å². The van der Waals surface area contributed by atoms with Gasteiger partial charge in [-0.2, -0.15) is 0 Å². The zero-order valence-electron chi connectivity index (χ0n) is 16.0. The van der Waals surface area contributed by atoms with Gasteiger partial charge in [0.25, 0.3) is 5.91 Å². The summed E-state index contributed by atoms with van der Waals surface area (Å²) in [5, 5.41) is 3.71. The number of hydrogen-bond acceptors (Lipinski definition) is 3. The summed E-state index contributed by atoms with van der Waals surface area (Å²) in [4.78, 5) is 18.3. The van der Waals surface area contributed by atoms with E-state index in [1.165, 1.54) is 0 Å². The number of imidazole rings is 1. The summed E-state index contributed by atoms with van der Waals surface area (Å²) in [5.41, 5.74) is 4.91. The summed E-state index contributed by atoms with van der Waals surface area (Å²) in [6.07, 6.45) is 2.82. The van der Waals surface area contributed by atoms with Crippen LogP contribution >= 0.6 is 22.9 Å². The summed E-state index contributed by atoms with van der Waals surface area (Å²) in [6, 6.07) is 23.6. The molecule has 0 fully saturated rings. The number of carbonyl (C=O) groups is 1. The van der Waals surface area contributed by atoms with Crippen molar-refractivity contribution >= 4 is 44.0 Å². The van der Waals surface area contributed by atoms with Gasteiger partial charge in [-0.15, -0.1) is 0 Å². The van der Waals surface area contributed by atoms with Crippen LogP contribution in [0.25, 0.3) is 26.4 Å². The molecule has 0 aliphatic heterocycles. The number of aromatic nitrogens is 2. The minimum absolute atomic E-state index is 0.0677. The highest BCUT2D eigenvalue weighted by Crippen LogP contribution is 2.30. The molecule has 1 amide bonds. The Morgan fingerprint density at radius 1 is 1.03 bits per heavy atom. The molecule has 0 atom stereocenters. The van der Waals surface area contributed by atoms with Crippen LogP contribution in [0.3, 0.4) is 0 Å². The van der Waals surface area contributed by atoms with E-state index in [1.807, 2.05) is 60.7 Å². The number of benzene rings is 3. The molecule has 5 aromatic rings. The summed E-state index contributed by atoms with van der Waals surface area (Å²) < 4.78 is 3.13. The van der Waals surface area contributed by atoms with Gasteiger partial charge in [-0.1, -0.05) is 65.4 Å². The first-order valence-electron chi connectivity index (χ1n) is 9.67. The van der Waals surface area contributed by atoms with Gasteiger partial charge in [0.15, 0.2) is 4.96 Å². The number of fused-ring (bicyclic) bond motifs is 3. The van der Waals surface area contributed by atoms with Crippen LogP contribution in [-0.2, 0) is 6.42 Å². The van der Waals surface area contributed by atoms with Crippen molar-refractivity contribution in [2.45, 2.75) is 6.42 Å². The third kappa shape index (κ3) is 3.70. The van der Waals surface area contributed by atoms with Gasteiger partial charge in [-0.3, -0.25) is 9.20 Å². The Morgan fingerprint density at radius 3 is 2.63 bits per heavy atom. The van der Waals surface area contributed by atoms with E-state index in [1.54, 1.807) is 11.3 Å². The van der Waals surface area contributed by atoms with Crippen molar-refractivity contribution in [2.75, 3.05) is 6.54 Å². The minimum Gasteiger partial charge on any atom is -0.352 e. The summed E-state index contributed by atoms with van der Waals surface area (Å²) in [5.74, 6) is -0.0677. The highest BCUT2D eigenvalue weighted by Gasteiger charge is 2.13. The largest absolute Gasteiger partial charge is 0.352 e. The topological polar surface area (TPSA) is 46.4 Å². The van der Waals surface area contributed by atoms with Crippen molar-refractivity contribution in [1.29, 1.82) is 0 Å². The van der Waals surface area contributed by atoms with E-state index in [2.05, 4.69) is 28.0 Å². The third-order valence-corrected chi connectivity index (χ3v) is 6.31. The van der Waals surface area contributed by atoms with Crippen LogP contribution < -0.4 is 5.32 Å². The van der Waals surface area contributed by atoms with Crippen molar-refractivity contribution < 1.29 is 4.79 Å². The fourth-order valence-electron chi connectivity index (χ4n) is 3.46. The second kappa shape index (κ2) is 7.94. The van der Waals surface area contributed by atoms with Crippen LogP contribution in [-0.4, -0.2) is 21.8 Å². The zero-order valence-corrected chi connectivity index (χ0v) is 17.6. The molecular weight excluding hydrogens is 414 g/mol. The number of thiazole rings is 1. The molecule has 0 aliphatic rings. The SMILES string of the molecule is O=C(NCCc1ccc(Cl)cc1)c1ccc2c(c1)sc1nc(-c3ccccc3)cn12. The normalized spacial score (nSPS) is 11.2. The summed E-state index contributed by atoms with van der Waals surface area (Å²) in [7, 11) is 0. The van der Waals surface area contributed by atoms with Gasteiger partial charge in [0.05, 0.1) is 15.9 Å². The predicted octanol–water partition coefficient (Wildman–Crippen LogP) is 5.84. The number of amides is 1. The maximum atomic E-state index is 12.6. The smallest absolute Gasteiger partial charge is 0.251 e. The molecule has 2 aromatic heterocycles. The van der Waals surface area contributed by atoms with E-state index in [0.29, 0.717) is 17.1 Å². The number of rotatable bonds is 5. The van der Waals surface area contributed by atoms with Crippen LogP contribution in [0.2, 0.25) is 5.02 Å². The van der Waals surface area contributed by atoms with E-state index in [9.17, 15) is 4.79 Å². The first-order valence-corrected chi connectivity index (χ1v) is 10.9. The van der Waals surface area contributed by atoms with Gasteiger partial charge >= 0.3 is 0 Å². The Balaban J connectivity index is 1.33. The first kappa shape index (κ1) is 18.9. The molecule has 0 aliphatic carbocycles. The summed E-state index contributed by atoms with van der Waals surface area (Å²) >= 11 is 7.50. The van der Waals surface area contributed by atoms with Crippen molar-refractivity contribution in [3.05, 3.63) is 95.1 Å². The van der Waals surface area contributed by atoms with Crippen LogP contribution in [0.1, 0.15) is 15.9 Å². The Labute approximate surface area is 182 Å². The molecule has 0 radical (unpaired) electrons. The Kier molecular flexibility index (Phi) is 4.99. The lowest BCUT2D eigenvalue weighted by Gasteiger charge is -2.06. The second-order valence-electron chi connectivity index (χ2n) is 7.06. The van der Waals surface area contributed by atoms with E-state index in [4.69, 9.17) is 16.6 Å². The monoisotopic (exact) mass is 431 g/mol. The Bertz CT molecular complexity index is 1340. The minimum atomic E-state index is -0.0677. The van der Waals surface area contributed by atoms with E-state index in [-0.39, 0.29) is 5.91 Å². The second-order valence-corrected chi connectivity index (χ2v) is 8.51. The molecule has 0 unspecified atom stereocenters. The van der Waals surface area contributed by atoms with Gasteiger partial charge in [0.1, 0.15) is 0 Å². The molecule has 0 bridgehead atoms. The zero-order chi connectivity index (χ0) is 20.5. The highest BCUT2D eigenvalue weighted by molar-refractivity contribution is 7.23. The fraction of sp³-hybridized carbons (Fsp3) is 0.0833. The molecule has 3 aromatic carbocycles. The molecule has 2 heterocycles. The number of carbonyl (C=O) groups excluding carboxylic acids is 1. The van der Waals surface area contributed by atoms with Gasteiger partial charge in [0, 0.05) is 28.9 Å². The molecule has 4 nitrogen and oxygen atoms in total. The quantitative estimate of drug-likeness (QED) is 0.380. The molecule has 148 valence electrons. The maximum absolute atomic E-state index is 12.6. The van der Waals surface area contributed by atoms with Crippen LogP contribution in [0.15, 0.2) is 79.0 Å². The molecule has 5 rings (SSSR count). The number of halogens is 1. The van der Waals surface area contributed by atoms with Crippen molar-refractivity contribution in [3.8, 4) is 11.3 Å². The lowest BCUT2D eigenvalue weighted by molar-refractivity contribution is 0.0954. The Morgan fingerprint density at radius 2 is 1.83 bits per heavy atom. The van der Waals surface area contributed by atoms with E-state index in [0.717, 1.165) is 38.4 Å². The molecule has 0 spiro atoms. The average molecular weight is 432 g/mol. The molecule has 6 heteroatoms. The van der Waals surface area contributed by atoms with Gasteiger partial charge in [0.2, 0.25) is 0 Å². The van der Waals surface area contributed by atoms with Gasteiger partial charge in [-0.05, 0) is 42.3 Å². The first-order chi connectivity index (χ1) is 14.7. The fourth-order valence-corrected chi connectivity index (χ4v) is 4.64. The number of nitrogens with one attached hydrogen (secondary N) is 1. The van der Waals surface area contributed by atoms with Gasteiger partial charge < -0.3 is 5.32 Å². The Hall–Kier alpha value is -3.15. The molecule has 30 heavy (non-hydrogen) atoms. The number of nitrogens with zero attached hydrogens (tertiary/aromatic N) is 2. The standard InChI is InChI=1S/C24H18ClN3OS/c25-19-9-6-16(7-10-19)12-13-26-23(29)18-8-11-21-22(14-18)30-24-27-20(15-28(21)24)17-4-2-1-3-5-17/h1-11,14-15H,12-13H2,(H,26,29). The van der Waals surface area contributed by atoms with Crippen LogP contribution in [0.5, 0.6) is 0 Å². The lowest BCUT2D eigenvalue weighted by atomic mass is 10.1. The predicted molar refractivity (Wildman–Crippen MR) is 124 cm³/mol. The lowest BCUT2D eigenvalue weighted by Crippen LogP contribution is -2.25. The summed E-state index contributed by atoms with van der Waals surface area (Å²) in [6.45, 7) is 0.576. The van der Waals surface area contributed by atoms with Crippen molar-refractivity contribution in [1.82, 2.24) is 14.7 Å². The molecule has 0 saturated heterocycles. The van der Waals surface area contributed by atoms with Crippen molar-refractivity contribution in [2.24, 2.45) is 0 Å². The van der Waals surface area contributed by atoms with Crippen LogP contribution in [0.4, 0.5) is 0 Å². The van der Waals surface area contributed by atoms with E-state index < -0.39 is 0 Å². The molecular formula is C24H18ClN3OS. The maximum Gasteiger partial charge on any atom is 0.251 e. The average Bonchev–Trinajstić information content (AvgIpc) is 3.33. The van der Waals surface area contributed by atoms with E-state index >= 15 is 0 Å². The molecule has 1 N–H and O–H groups in total. The number of hydrogen-bond donors (Lipinski definition) is 1. The highest BCUT2D eigenvalue weighted by atomic mass is 35.5. The third-order valence-electron chi connectivity index (χ3n) is 5.04.